The Morgan fingerprint density at radius 3 is 2.41 bits per heavy atom. The maximum atomic E-state index is 5.55. The van der Waals surface area contributed by atoms with Crippen LogP contribution in [0.4, 0.5) is 0 Å². The first-order valence-corrected chi connectivity index (χ1v) is 7.03. The summed E-state index contributed by atoms with van der Waals surface area (Å²) in [6.07, 6.45) is 7.65. The van der Waals surface area contributed by atoms with E-state index in [1.54, 1.807) is 0 Å². The van der Waals surface area contributed by atoms with Gasteiger partial charge in [0.2, 0.25) is 0 Å². The van der Waals surface area contributed by atoms with E-state index in [0.29, 0.717) is 6.10 Å². The van der Waals surface area contributed by atoms with Gasteiger partial charge in [-0.05, 0) is 51.6 Å². The summed E-state index contributed by atoms with van der Waals surface area (Å²) in [7, 11) is 0. The van der Waals surface area contributed by atoms with Crippen molar-refractivity contribution in [3.63, 3.8) is 0 Å². The van der Waals surface area contributed by atoms with Gasteiger partial charge in [-0.25, -0.2) is 0 Å². The van der Waals surface area contributed by atoms with Gasteiger partial charge in [0.15, 0.2) is 0 Å². The Bertz CT molecular complexity index is 163. The van der Waals surface area contributed by atoms with Crippen LogP contribution < -0.4 is 11.1 Å². The van der Waals surface area contributed by atoms with Crippen molar-refractivity contribution in [2.24, 2.45) is 5.73 Å². The van der Waals surface area contributed by atoms with E-state index >= 15 is 0 Å². The van der Waals surface area contributed by atoms with Crippen LogP contribution in [0.25, 0.3) is 0 Å². The van der Waals surface area contributed by atoms with E-state index in [2.05, 4.69) is 5.32 Å². The summed E-state index contributed by atoms with van der Waals surface area (Å²) < 4.78 is 10.7. The molecule has 0 aromatic rings. The van der Waals surface area contributed by atoms with E-state index in [1.807, 2.05) is 0 Å². The third-order valence-electron chi connectivity index (χ3n) is 2.91. The number of nitrogens with two attached hydrogens (primary N) is 1. The Labute approximate surface area is 105 Å². The Balaban J connectivity index is 1.61. The molecule has 0 saturated carbocycles. The van der Waals surface area contributed by atoms with Crippen LogP contribution in [0.15, 0.2) is 0 Å². The van der Waals surface area contributed by atoms with E-state index < -0.39 is 0 Å². The number of ether oxygens (including phenoxy) is 2. The molecule has 1 aliphatic rings. The van der Waals surface area contributed by atoms with Gasteiger partial charge in [0.05, 0.1) is 12.7 Å². The summed E-state index contributed by atoms with van der Waals surface area (Å²) in [5.41, 5.74) is 5.42. The molecule has 102 valence electrons. The molecule has 1 rings (SSSR count). The van der Waals surface area contributed by atoms with Crippen LogP contribution in [0.2, 0.25) is 0 Å². The van der Waals surface area contributed by atoms with Gasteiger partial charge in [0.25, 0.3) is 0 Å². The zero-order valence-corrected chi connectivity index (χ0v) is 11.0. The van der Waals surface area contributed by atoms with Gasteiger partial charge in [0.1, 0.15) is 0 Å². The third-order valence-corrected chi connectivity index (χ3v) is 2.91. The van der Waals surface area contributed by atoms with Crippen molar-refractivity contribution in [2.45, 2.75) is 44.6 Å². The molecule has 17 heavy (non-hydrogen) atoms. The smallest absolute Gasteiger partial charge is 0.0933 e. The summed E-state index contributed by atoms with van der Waals surface area (Å²) in [5, 5.41) is 3.39. The van der Waals surface area contributed by atoms with Gasteiger partial charge in [-0.15, -0.1) is 0 Å². The van der Waals surface area contributed by atoms with Crippen LogP contribution in [-0.4, -0.2) is 45.6 Å². The number of unbranched alkanes of at least 4 members (excludes halogenated alkanes) is 4. The van der Waals surface area contributed by atoms with Gasteiger partial charge in [-0.1, -0.05) is 0 Å². The van der Waals surface area contributed by atoms with Gasteiger partial charge in [-0.2, -0.15) is 0 Å². The van der Waals surface area contributed by atoms with E-state index in [1.165, 1.54) is 25.7 Å². The highest BCUT2D eigenvalue weighted by Gasteiger charge is 2.20. The lowest BCUT2D eigenvalue weighted by atomic mass is 10.2. The summed E-state index contributed by atoms with van der Waals surface area (Å²) >= 11 is 0. The van der Waals surface area contributed by atoms with Crippen molar-refractivity contribution in [3.8, 4) is 0 Å². The maximum Gasteiger partial charge on any atom is 0.0933 e. The maximum absolute atomic E-state index is 5.55. The highest BCUT2D eigenvalue weighted by molar-refractivity contribution is 4.71. The highest BCUT2D eigenvalue weighted by Crippen LogP contribution is 2.06. The molecule has 1 unspecified atom stereocenters. The molecular formula is C13H28N2O2. The predicted molar refractivity (Wildman–Crippen MR) is 70.2 cm³/mol. The summed E-state index contributed by atoms with van der Waals surface area (Å²) in [4.78, 5) is 0. The van der Waals surface area contributed by atoms with Crippen LogP contribution in [0.1, 0.15) is 38.5 Å². The summed E-state index contributed by atoms with van der Waals surface area (Å²) in [6, 6.07) is 0. The van der Waals surface area contributed by atoms with Gasteiger partial charge < -0.3 is 20.5 Å². The number of epoxide rings is 1. The fourth-order valence-electron chi connectivity index (χ4n) is 1.71. The normalized spacial score (nSPS) is 18.5. The number of nitrogens with one attached hydrogen (secondary N) is 1. The molecule has 4 heteroatoms. The minimum Gasteiger partial charge on any atom is -0.381 e. The molecule has 0 bridgehead atoms. The van der Waals surface area contributed by atoms with E-state index in [-0.39, 0.29) is 0 Å². The van der Waals surface area contributed by atoms with Gasteiger partial charge in [0, 0.05) is 19.8 Å². The van der Waals surface area contributed by atoms with Crippen LogP contribution in [0, 0.1) is 0 Å². The second-order valence-electron chi connectivity index (χ2n) is 4.68. The standard InChI is InChI=1S/C13H28N2O2/c14-7-3-1-5-9-16-10-6-2-4-8-15-11-13-12-17-13/h13,15H,1-12,14H2. The monoisotopic (exact) mass is 244 g/mol. The number of hydrogen-bond acceptors (Lipinski definition) is 4. The van der Waals surface area contributed by atoms with Crippen molar-refractivity contribution in [2.75, 3.05) is 39.5 Å². The zero-order valence-electron chi connectivity index (χ0n) is 11.0. The van der Waals surface area contributed by atoms with E-state index in [0.717, 1.165) is 52.3 Å². The number of hydrogen-bond donors (Lipinski definition) is 2. The van der Waals surface area contributed by atoms with E-state index in [4.69, 9.17) is 15.2 Å². The highest BCUT2D eigenvalue weighted by atomic mass is 16.6. The average molecular weight is 244 g/mol. The number of rotatable bonds is 13. The molecular weight excluding hydrogens is 216 g/mol. The molecule has 4 nitrogen and oxygen atoms in total. The fraction of sp³-hybridized carbons (Fsp3) is 1.00. The van der Waals surface area contributed by atoms with Gasteiger partial charge >= 0.3 is 0 Å². The first-order chi connectivity index (χ1) is 8.43. The van der Waals surface area contributed by atoms with Crippen molar-refractivity contribution < 1.29 is 9.47 Å². The SMILES string of the molecule is NCCCCCOCCCCCNCC1CO1. The summed E-state index contributed by atoms with van der Waals surface area (Å²) in [6.45, 7) is 5.70. The Morgan fingerprint density at radius 2 is 1.76 bits per heavy atom. The molecule has 1 heterocycles. The van der Waals surface area contributed by atoms with Crippen LogP contribution in [-0.2, 0) is 9.47 Å². The minimum absolute atomic E-state index is 0.506. The molecule has 1 aliphatic heterocycles. The Morgan fingerprint density at radius 1 is 1.06 bits per heavy atom. The Kier molecular flexibility index (Phi) is 9.61. The average Bonchev–Trinajstić information content (AvgIpc) is 3.15. The second kappa shape index (κ2) is 11.0. The van der Waals surface area contributed by atoms with Crippen LogP contribution >= 0.6 is 0 Å². The van der Waals surface area contributed by atoms with Crippen molar-refractivity contribution in [3.05, 3.63) is 0 Å². The topological polar surface area (TPSA) is 59.8 Å². The molecule has 1 saturated heterocycles. The molecule has 0 aliphatic carbocycles. The largest absolute Gasteiger partial charge is 0.381 e. The molecule has 3 N–H and O–H groups in total. The molecule has 0 radical (unpaired) electrons. The molecule has 0 aromatic heterocycles. The first kappa shape index (κ1) is 14.9. The predicted octanol–water partition coefficient (Wildman–Crippen LogP) is 1.29. The lowest BCUT2D eigenvalue weighted by molar-refractivity contribution is 0.126. The van der Waals surface area contributed by atoms with Crippen molar-refractivity contribution in [1.29, 1.82) is 0 Å². The zero-order chi connectivity index (χ0) is 12.2. The lowest BCUT2D eigenvalue weighted by Crippen LogP contribution is -2.20. The quantitative estimate of drug-likeness (QED) is 0.378. The molecule has 0 amide bonds. The van der Waals surface area contributed by atoms with Crippen LogP contribution in [0.3, 0.4) is 0 Å². The van der Waals surface area contributed by atoms with Crippen molar-refractivity contribution in [1.82, 2.24) is 5.32 Å². The lowest BCUT2D eigenvalue weighted by Gasteiger charge is -2.04. The van der Waals surface area contributed by atoms with Gasteiger partial charge in [-0.3, -0.25) is 0 Å². The molecule has 0 aromatic carbocycles. The minimum atomic E-state index is 0.506. The van der Waals surface area contributed by atoms with Crippen molar-refractivity contribution >= 4 is 0 Å². The van der Waals surface area contributed by atoms with Crippen LogP contribution in [0.5, 0.6) is 0 Å². The molecule has 1 atom stereocenters. The summed E-state index contributed by atoms with van der Waals surface area (Å²) in [5.74, 6) is 0. The molecule has 0 spiro atoms. The van der Waals surface area contributed by atoms with E-state index in [9.17, 15) is 0 Å². The third kappa shape index (κ3) is 10.7. The second-order valence-corrected chi connectivity index (χ2v) is 4.68. The fourth-order valence-corrected chi connectivity index (χ4v) is 1.71. The first-order valence-electron chi connectivity index (χ1n) is 7.03. The Hall–Kier alpha value is -0.160. The molecule has 1 fully saturated rings.